The molecular formula is C23H26N4O. The van der Waals surface area contributed by atoms with Gasteiger partial charge in [0.25, 0.3) is 0 Å². The summed E-state index contributed by atoms with van der Waals surface area (Å²) in [6.45, 7) is 7.18. The van der Waals surface area contributed by atoms with Crippen molar-refractivity contribution in [1.29, 1.82) is 0 Å². The second-order valence-corrected chi connectivity index (χ2v) is 7.01. The van der Waals surface area contributed by atoms with Crippen molar-refractivity contribution in [2.75, 3.05) is 19.7 Å². The van der Waals surface area contributed by atoms with Crippen molar-refractivity contribution in [3.8, 4) is 28.3 Å². The summed E-state index contributed by atoms with van der Waals surface area (Å²) in [7, 11) is 0. The minimum Gasteiger partial charge on any atom is -0.489 e. The lowest BCUT2D eigenvalue weighted by molar-refractivity contribution is 0.364. The van der Waals surface area contributed by atoms with Crippen molar-refractivity contribution < 1.29 is 4.74 Å². The molecule has 0 bridgehead atoms. The summed E-state index contributed by atoms with van der Waals surface area (Å²) in [5.41, 5.74) is 10.7. The Bertz CT molecular complexity index is 913. The zero-order chi connectivity index (χ0) is 19.2. The van der Waals surface area contributed by atoms with Gasteiger partial charge in [-0.25, -0.2) is 4.98 Å². The number of hydrogen-bond acceptors (Lipinski definition) is 4. The average Bonchev–Trinajstić information content (AvgIpc) is 3.41. The normalized spacial score (nSPS) is 14.3. The second kappa shape index (κ2) is 8.87. The molecule has 5 heteroatoms. The van der Waals surface area contributed by atoms with E-state index in [0.717, 1.165) is 54.3 Å². The van der Waals surface area contributed by atoms with Crippen LogP contribution in [-0.4, -0.2) is 29.2 Å². The lowest BCUT2D eigenvalue weighted by Crippen LogP contribution is -2.21. The van der Waals surface area contributed by atoms with Gasteiger partial charge in [-0.05, 0) is 24.5 Å². The molecule has 0 atom stereocenters. The van der Waals surface area contributed by atoms with Gasteiger partial charge >= 0.3 is 0 Å². The smallest absolute Gasteiger partial charge is 0.129 e. The monoisotopic (exact) mass is 374 g/mol. The summed E-state index contributed by atoms with van der Waals surface area (Å²) >= 11 is 0. The van der Waals surface area contributed by atoms with Crippen LogP contribution in [0.25, 0.3) is 22.5 Å². The molecule has 1 saturated heterocycles. The zero-order valence-corrected chi connectivity index (χ0v) is 16.0. The molecule has 144 valence electrons. The van der Waals surface area contributed by atoms with Crippen LogP contribution in [0.1, 0.15) is 6.42 Å². The van der Waals surface area contributed by atoms with E-state index in [2.05, 4.69) is 40.2 Å². The maximum Gasteiger partial charge on any atom is 0.129 e. The molecule has 1 aliphatic heterocycles. The maximum absolute atomic E-state index is 5.95. The molecule has 2 N–H and O–H groups in total. The third-order valence-corrected chi connectivity index (χ3v) is 5.07. The van der Waals surface area contributed by atoms with E-state index in [0.29, 0.717) is 12.5 Å². The number of ether oxygens (including phenoxy) is 1. The number of nitrogens with zero attached hydrogens (tertiary/aromatic N) is 2. The summed E-state index contributed by atoms with van der Waals surface area (Å²) in [5, 5.41) is 0. The van der Waals surface area contributed by atoms with Gasteiger partial charge in [0.2, 0.25) is 0 Å². The molecule has 2 heterocycles. The number of rotatable bonds is 8. The largest absolute Gasteiger partial charge is 0.489 e. The Kier molecular flexibility index (Phi) is 5.85. The van der Waals surface area contributed by atoms with Crippen molar-refractivity contribution in [2.24, 2.45) is 5.92 Å². The number of nitrogens with one attached hydrogen (secondary N) is 2. The van der Waals surface area contributed by atoms with E-state index < -0.39 is 0 Å². The van der Waals surface area contributed by atoms with E-state index >= 15 is 0 Å². The summed E-state index contributed by atoms with van der Waals surface area (Å²) in [5.74, 6) is 1.48. The molecule has 0 spiro atoms. The first-order valence-electron chi connectivity index (χ1n) is 9.76. The first-order chi connectivity index (χ1) is 13.9. The van der Waals surface area contributed by atoms with Crippen molar-refractivity contribution in [2.45, 2.75) is 13.0 Å². The van der Waals surface area contributed by atoms with Crippen molar-refractivity contribution in [3.63, 3.8) is 0 Å². The highest BCUT2D eigenvalue weighted by Crippen LogP contribution is 2.37. The molecule has 0 radical (unpaired) electrons. The number of benzene rings is 2. The van der Waals surface area contributed by atoms with E-state index in [1.807, 2.05) is 42.7 Å². The van der Waals surface area contributed by atoms with Crippen LogP contribution in [0.15, 0.2) is 73.6 Å². The Hall–Kier alpha value is -2.89. The summed E-state index contributed by atoms with van der Waals surface area (Å²) in [6.07, 6.45) is 4.82. The van der Waals surface area contributed by atoms with Crippen LogP contribution in [0.5, 0.6) is 5.75 Å². The van der Waals surface area contributed by atoms with Gasteiger partial charge in [0.15, 0.2) is 0 Å². The predicted octanol–water partition coefficient (Wildman–Crippen LogP) is 3.90. The molecule has 4 rings (SSSR count). The fourth-order valence-electron chi connectivity index (χ4n) is 3.61. The second-order valence-electron chi connectivity index (χ2n) is 7.01. The number of hydrazine groups is 1. The van der Waals surface area contributed by atoms with Crippen LogP contribution >= 0.6 is 0 Å². The van der Waals surface area contributed by atoms with Crippen molar-refractivity contribution >= 4 is 0 Å². The van der Waals surface area contributed by atoms with Gasteiger partial charge in [-0.15, -0.1) is 0 Å². The van der Waals surface area contributed by atoms with Gasteiger partial charge in [0.05, 0.1) is 17.7 Å². The Balaban J connectivity index is 1.74. The molecule has 3 aromatic rings. The van der Waals surface area contributed by atoms with Gasteiger partial charge in [-0.3, -0.25) is 10.9 Å². The topological polar surface area (TPSA) is 51.1 Å². The third-order valence-electron chi connectivity index (χ3n) is 5.07. The van der Waals surface area contributed by atoms with Crippen LogP contribution in [0, 0.1) is 5.92 Å². The van der Waals surface area contributed by atoms with E-state index in [1.165, 1.54) is 0 Å². The number of aromatic nitrogens is 2. The summed E-state index contributed by atoms with van der Waals surface area (Å²) < 4.78 is 8.22. The van der Waals surface area contributed by atoms with Crippen LogP contribution in [0.4, 0.5) is 0 Å². The molecule has 28 heavy (non-hydrogen) atoms. The molecule has 0 amide bonds. The quantitative estimate of drug-likeness (QED) is 0.587. The molecule has 1 aliphatic rings. The molecule has 1 aromatic heterocycles. The SMILES string of the molecule is C=CCOc1ccccc1-c1c(-c2ccccc2)ncn1CCC1CNNC1. The highest BCUT2D eigenvalue weighted by atomic mass is 16.5. The van der Waals surface area contributed by atoms with Gasteiger partial charge in [-0.2, -0.15) is 0 Å². The highest BCUT2D eigenvalue weighted by Gasteiger charge is 2.20. The molecule has 0 aliphatic carbocycles. The Morgan fingerprint density at radius 2 is 1.82 bits per heavy atom. The molecular weight excluding hydrogens is 348 g/mol. The molecule has 1 fully saturated rings. The highest BCUT2D eigenvalue weighted by molar-refractivity contribution is 5.81. The third kappa shape index (κ3) is 4.01. The van der Waals surface area contributed by atoms with Crippen LogP contribution in [0.2, 0.25) is 0 Å². The summed E-state index contributed by atoms with van der Waals surface area (Å²) in [4.78, 5) is 4.79. The fourth-order valence-corrected chi connectivity index (χ4v) is 3.61. The van der Waals surface area contributed by atoms with Crippen LogP contribution in [0.3, 0.4) is 0 Å². The molecule has 2 aromatic carbocycles. The first kappa shape index (κ1) is 18.5. The van der Waals surface area contributed by atoms with Crippen molar-refractivity contribution in [3.05, 3.63) is 73.6 Å². The number of hydrogen-bond donors (Lipinski definition) is 2. The minimum atomic E-state index is 0.477. The predicted molar refractivity (Wildman–Crippen MR) is 113 cm³/mol. The van der Waals surface area contributed by atoms with Crippen LogP contribution in [-0.2, 0) is 6.54 Å². The summed E-state index contributed by atoms with van der Waals surface area (Å²) in [6, 6.07) is 18.5. The number of para-hydroxylation sites is 1. The Morgan fingerprint density at radius 3 is 2.61 bits per heavy atom. The Labute approximate surface area is 166 Å². The van der Waals surface area contributed by atoms with Gasteiger partial charge in [-0.1, -0.05) is 55.1 Å². The molecule has 0 unspecified atom stereocenters. The molecule has 5 nitrogen and oxygen atoms in total. The van der Waals surface area contributed by atoms with Gasteiger partial charge in [0.1, 0.15) is 12.4 Å². The Morgan fingerprint density at radius 1 is 1.07 bits per heavy atom. The first-order valence-corrected chi connectivity index (χ1v) is 9.76. The number of aryl methyl sites for hydroxylation is 1. The van der Waals surface area contributed by atoms with E-state index in [1.54, 1.807) is 6.08 Å². The maximum atomic E-state index is 5.95. The average molecular weight is 374 g/mol. The molecule has 0 saturated carbocycles. The van der Waals surface area contributed by atoms with Crippen LogP contribution < -0.4 is 15.6 Å². The van der Waals surface area contributed by atoms with E-state index in [-0.39, 0.29) is 0 Å². The van der Waals surface area contributed by atoms with E-state index in [9.17, 15) is 0 Å². The lowest BCUT2D eigenvalue weighted by atomic mass is 10.0. The van der Waals surface area contributed by atoms with E-state index in [4.69, 9.17) is 9.72 Å². The fraction of sp³-hybridized carbons (Fsp3) is 0.261. The van der Waals surface area contributed by atoms with Gasteiger partial charge < -0.3 is 9.30 Å². The van der Waals surface area contributed by atoms with Crippen molar-refractivity contribution in [1.82, 2.24) is 20.4 Å². The minimum absolute atomic E-state index is 0.477. The number of imidazole rings is 1. The standard InChI is InChI=1S/C23H26N4O/c1-2-14-28-21-11-7-6-10-20(21)23-22(19-8-4-3-5-9-19)24-17-27(23)13-12-18-15-25-26-16-18/h2-11,17-18,25-26H,1,12-16H2. The zero-order valence-electron chi connectivity index (χ0n) is 16.0. The van der Waals surface area contributed by atoms with Gasteiger partial charge in [0, 0.05) is 30.8 Å². The lowest BCUT2D eigenvalue weighted by Gasteiger charge is -2.16.